The number of rotatable bonds is 6. The van der Waals surface area contributed by atoms with Gasteiger partial charge in [-0.1, -0.05) is 89.2 Å². The molecule has 5 aromatic rings. The van der Waals surface area contributed by atoms with Gasteiger partial charge in [-0.25, -0.2) is 9.00 Å². The Balaban J connectivity index is 0.000000377. The zero-order valence-electron chi connectivity index (χ0n) is 30.1. The molecule has 0 aliphatic heterocycles. The first-order valence-electron chi connectivity index (χ1n) is 15.4. The number of hydrogen-bond donors (Lipinski definition) is 3. The quantitative estimate of drug-likeness (QED) is 0.113. The number of nitrogens with one attached hydrogen (secondary N) is 1. The van der Waals surface area contributed by atoms with Crippen LogP contribution in [-0.4, -0.2) is 40.7 Å². The van der Waals surface area contributed by atoms with E-state index < -0.39 is 20.4 Å². The van der Waals surface area contributed by atoms with Crippen LogP contribution in [0, 0.1) is 20.8 Å². The standard InChI is InChI=1S/C15H13BrClNO2.C8H6BrClO.C8H7BrO2.C7H8ClNO.Cl2OS/c1-9-3-4-10(7-12(9)16)15(19)18-11-5-6-14(20-2)13(17)8-11;2*1-5-2-3-6(8(10)11)4-7(5)9;1-10-7-3-2-5(9)4-6(7)8;1-4(2)3/h3-8H,1-2H3,(H,18,19);2-4H,1H3;2-4H,1H3,(H,10,11);2-4H,9H2,1H3;. The molecule has 0 radical (unpaired) electrons. The smallest absolute Gasteiger partial charge is 0.335 e. The Morgan fingerprint density at radius 2 is 1.05 bits per heavy atom. The van der Waals surface area contributed by atoms with E-state index in [4.69, 9.17) is 59.3 Å². The lowest BCUT2D eigenvalue weighted by atomic mass is 10.1. The summed E-state index contributed by atoms with van der Waals surface area (Å²) in [6, 6.07) is 25.9. The predicted octanol–water partition coefficient (Wildman–Crippen LogP) is 13.2. The Morgan fingerprint density at radius 3 is 1.45 bits per heavy atom. The van der Waals surface area contributed by atoms with Gasteiger partial charge < -0.3 is 25.6 Å². The first kappa shape index (κ1) is 51.2. The van der Waals surface area contributed by atoms with Crippen LogP contribution >= 0.6 is 104 Å². The lowest BCUT2D eigenvalue weighted by Gasteiger charge is -2.09. The molecule has 0 fully saturated rings. The molecule has 1 amide bonds. The Morgan fingerprint density at radius 1 is 0.661 bits per heavy atom. The SMILES string of the molecule is COc1ccc(N)cc1Cl.COc1ccc(NC(=O)c2ccc(C)c(Br)c2)cc1Cl.Cc1ccc(C(=O)Cl)cc1Br.Cc1ccc(C(=O)O)cc1Br.O=S(Cl)Cl. The molecule has 0 aromatic heterocycles. The monoisotopic (exact) mass is 1070 g/mol. The van der Waals surface area contributed by atoms with Crippen molar-refractivity contribution in [1.29, 1.82) is 0 Å². The van der Waals surface area contributed by atoms with E-state index in [1.807, 2.05) is 32.9 Å². The highest BCUT2D eigenvalue weighted by Gasteiger charge is 2.10. The fraction of sp³-hybridized carbons (Fsp3) is 0.132. The highest BCUT2D eigenvalue weighted by molar-refractivity contribution is 9.11. The van der Waals surface area contributed by atoms with Crippen LogP contribution in [0.15, 0.2) is 104 Å². The van der Waals surface area contributed by atoms with Crippen molar-refractivity contribution < 1.29 is 33.2 Å². The molecule has 0 aliphatic rings. The number of anilines is 2. The molecule has 0 atom stereocenters. The van der Waals surface area contributed by atoms with Crippen molar-refractivity contribution in [2.75, 3.05) is 25.3 Å². The third-order valence-electron chi connectivity index (χ3n) is 6.84. The van der Waals surface area contributed by atoms with Crippen LogP contribution in [0.25, 0.3) is 0 Å². The number of carbonyl (C=O) groups excluding carboxylic acids is 2. The van der Waals surface area contributed by atoms with Gasteiger partial charge in [0.1, 0.15) is 11.5 Å². The maximum Gasteiger partial charge on any atom is 0.335 e. The molecule has 0 saturated carbocycles. The van der Waals surface area contributed by atoms with E-state index in [9.17, 15) is 14.4 Å². The summed E-state index contributed by atoms with van der Waals surface area (Å²) in [6.07, 6.45) is 0. The van der Waals surface area contributed by atoms with E-state index in [1.165, 1.54) is 0 Å². The van der Waals surface area contributed by atoms with Gasteiger partial charge in [0, 0.05) is 57.3 Å². The summed E-state index contributed by atoms with van der Waals surface area (Å²) in [4.78, 5) is 33.2. The third kappa shape index (κ3) is 19.1. The lowest BCUT2D eigenvalue weighted by Crippen LogP contribution is -2.12. The van der Waals surface area contributed by atoms with E-state index in [0.29, 0.717) is 49.6 Å². The molecule has 9 nitrogen and oxygen atoms in total. The molecule has 0 heterocycles. The van der Waals surface area contributed by atoms with Gasteiger partial charge in [-0.05, 0) is 122 Å². The van der Waals surface area contributed by atoms with E-state index in [-0.39, 0.29) is 5.91 Å². The van der Waals surface area contributed by atoms with Crippen molar-refractivity contribution in [1.82, 2.24) is 0 Å². The maximum absolute atomic E-state index is 12.1. The average molecular weight is 1080 g/mol. The van der Waals surface area contributed by atoms with Crippen molar-refractivity contribution in [3.8, 4) is 11.5 Å². The van der Waals surface area contributed by atoms with Crippen molar-refractivity contribution in [3.63, 3.8) is 0 Å². The third-order valence-corrected chi connectivity index (χ3v) is 10.2. The largest absolute Gasteiger partial charge is 0.495 e. The maximum atomic E-state index is 12.1. The first-order valence-corrected chi connectivity index (χ1v) is 21.7. The molecule has 0 spiro atoms. The van der Waals surface area contributed by atoms with Gasteiger partial charge in [0.2, 0.25) is 9.23 Å². The number of amides is 1. The highest BCUT2D eigenvalue weighted by Crippen LogP contribution is 2.28. The molecule has 4 N–H and O–H groups in total. The summed E-state index contributed by atoms with van der Waals surface area (Å²) >= 11 is 27.0. The number of ether oxygens (including phenoxy) is 2. The molecule has 300 valence electrons. The predicted molar refractivity (Wildman–Crippen MR) is 242 cm³/mol. The molecule has 0 saturated heterocycles. The van der Waals surface area contributed by atoms with Crippen LogP contribution in [0.2, 0.25) is 10.0 Å². The van der Waals surface area contributed by atoms with E-state index >= 15 is 0 Å². The Bertz CT molecular complexity index is 2100. The number of benzene rings is 5. The number of nitrogen functional groups attached to an aromatic ring is 1. The Kier molecular flexibility index (Phi) is 23.9. The van der Waals surface area contributed by atoms with Gasteiger partial charge in [-0.15, -0.1) is 0 Å². The summed E-state index contributed by atoms with van der Waals surface area (Å²) in [7, 11) is 10.5. The minimum Gasteiger partial charge on any atom is -0.495 e. The molecular weight excluding hydrogens is 1050 g/mol. The van der Waals surface area contributed by atoms with Gasteiger partial charge in [-0.2, -0.15) is 0 Å². The van der Waals surface area contributed by atoms with E-state index in [1.54, 1.807) is 93.1 Å². The molecule has 0 aliphatic carbocycles. The van der Waals surface area contributed by atoms with Crippen molar-refractivity contribution in [2.24, 2.45) is 0 Å². The molecule has 5 aromatic carbocycles. The minimum absolute atomic E-state index is 0.188. The normalized spacial score (nSPS) is 9.75. The van der Waals surface area contributed by atoms with E-state index in [2.05, 4.69) is 74.5 Å². The number of nitrogens with two attached hydrogens (primary N) is 1. The highest BCUT2D eigenvalue weighted by atomic mass is 79.9. The zero-order chi connectivity index (χ0) is 42.7. The summed E-state index contributed by atoms with van der Waals surface area (Å²) in [5.74, 6) is 0.135. The molecule has 56 heavy (non-hydrogen) atoms. The first-order chi connectivity index (χ1) is 26.2. The fourth-order valence-electron chi connectivity index (χ4n) is 3.81. The number of aromatic carboxylic acids is 1. The van der Waals surface area contributed by atoms with Gasteiger partial charge >= 0.3 is 5.97 Å². The number of carboxylic acids is 1. The number of carboxylic acid groups (broad SMARTS) is 1. The molecule has 0 unspecified atom stereocenters. The molecule has 0 bridgehead atoms. The van der Waals surface area contributed by atoms with Crippen LogP contribution < -0.4 is 20.5 Å². The van der Waals surface area contributed by atoms with Gasteiger partial charge in [0.05, 0.1) is 29.8 Å². The zero-order valence-corrected chi connectivity index (χ0v) is 39.4. The van der Waals surface area contributed by atoms with Crippen molar-refractivity contribution in [3.05, 3.63) is 148 Å². The average Bonchev–Trinajstić information content (AvgIpc) is 3.12. The van der Waals surface area contributed by atoms with Gasteiger partial charge in [0.25, 0.3) is 11.1 Å². The number of carbonyl (C=O) groups is 3. The number of methoxy groups -OCH3 is 2. The van der Waals surface area contributed by atoms with Crippen molar-refractivity contribution in [2.45, 2.75) is 20.8 Å². The van der Waals surface area contributed by atoms with Crippen LogP contribution in [0.5, 0.6) is 11.5 Å². The van der Waals surface area contributed by atoms with Crippen LogP contribution in [0.4, 0.5) is 11.4 Å². The molecular formula is C38H34Br3Cl5N2O7S. The topological polar surface area (TPSA) is 145 Å². The second kappa shape index (κ2) is 26.2. The summed E-state index contributed by atoms with van der Waals surface area (Å²) in [5, 5.41) is 11.9. The molecule has 18 heteroatoms. The fourth-order valence-corrected chi connectivity index (χ4v) is 5.58. The summed E-state index contributed by atoms with van der Waals surface area (Å²) in [6.45, 7) is 5.83. The number of hydrogen-bond acceptors (Lipinski definition) is 7. The van der Waals surface area contributed by atoms with Crippen LogP contribution in [0.3, 0.4) is 0 Å². The second-order valence-electron chi connectivity index (χ2n) is 10.9. The summed E-state index contributed by atoms with van der Waals surface area (Å²) in [5.41, 5.74) is 11.3. The second-order valence-corrected chi connectivity index (χ2v) is 17.1. The number of aryl methyl sites for hydroxylation is 3. The minimum atomic E-state index is -1.67. The molecule has 5 rings (SSSR count). The Hall–Kier alpha value is -2.85. The summed E-state index contributed by atoms with van der Waals surface area (Å²) < 4.78 is 21.7. The lowest BCUT2D eigenvalue weighted by molar-refractivity contribution is 0.0696. The van der Waals surface area contributed by atoms with E-state index in [0.717, 1.165) is 30.1 Å². The Labute approximate surface area is 376 Å². The van der Waals surface area contributed by atoms with Crippen LogP contribution in [0.1, 0.15) is 47.8 Å². The van der Waals surface area contributed by atoms with Gasteiger partial charge in [-0.3, -0.25) is 9.59 Å². The van der Waals surface area contributed by atoms with Crippen LogP contribution in [-0.2, 0) is 9.23 Å². The van der Waals surface area contributed by atoms with Gasteiger partial charge in [0.15, 0.2) is 0 Å². The number of halogens is 8. The van der Waals surface area contributed by atoms with Crippen molar-refractivity contribution >= 4 is 142 Å².